The largest absolute Gasteiger partial charge is 0.493 e. The van der Waals surface area contributed by atoms with E-state index in [0.717, 1.165) is 56.3 Å². The summed E-state index contributed by atoms with van der Waals surface area (Å²) in [6.07, 6.45) is 5.55. The van der Waals surface area contributed by atoms with E-state index in [-0.39, 0.29) is 5.78 Å². The number of Topliss-reactive ketones (excluding diaryl/α,β-unsaturated/α-hetero) is 1. The Morgan fingerprint density at radius 3 is 2.52 bits per heavy atom. The molecular weight excluding hydrogens is 420 g/mol. The van der Waals surface area contributed by atoms with Gasteiger partial charge in [-0.15, -0.1) is 0 Å². The van der Waals surface area contributed by atoms with E-state index in [2.05, 4.69) is 39.0 Å². The second-order valence-electron chi connectivity index (χ2n) is 9.62. The minimum atomic E-state index is -0.754. The van der Waals surface area contributed by atoms with Gasteiger partial charge >= 0.3 is 0 Å². The van der Waals surface area contributed by atoms with Gasteiger partial charge < -0.3 is 23.7 Å². The Hall–Kier alpha value is -1.47. The van der Waals surface area contributed by atoms with Gasteiger partial charge in [-0.25, -0.2) is 0 Å². The van der Waals surface area contributed by atoms with E-state index >= 15 is 0 Å². The number of ketones is 1. The molecule has 0 unspecified atom stereocenters. The molecule has 4 atom stereocenters. The average molecular weight is 463 g/mol. The molecule has 0 radical (unpaired) electrons. The predicted molar refractivity (Wildman–Crippen MR) is 127 cm³/mol. The van der Waals surface area contributed by atoms with Crippen molar-refractivity contribution < 1.29 is 28.5 Å². The fraction of sp³-hybridized carbons (Fsp3) is 0.741. The van der Waals surface area contributed by atoms with Crippen molar-refractivity contribution in [2.45, 2.75) is 123 Å². The summed E-state index contributed by atoms with van der Waals surface area (Å²) in [6.45, 7) is 11.2. The van der Waals surface area contributed by atoms with Gasteiger partial charge in [0, 0.05) is 6.42 Å². The lowest BCUT2D eigenvalue weighted by Crippen LogP contribution is -2.40. The molecule has 0 aromatic heterocycles. The molecule has 1 aromatic carbocycles. The fourth-order valence-corrected chi connectivity index (χ4v) is 4.33. The Balaban J connectivity index is 1.71. The summed E-state index contributed by atoms with van der Waals surface area (Å²) in [5.74, 6) is 0.241. The van der Waals surface area contributed by atoms with Crippen LogP contribution in [0.5, 0.6) is 5.75 Å². The maximum absolute atomic E-state index is 12.8. The zero-order chi connectivity index (χ0) is 23.8. The van der Waals surface area contributed by atoms with Crippen LogP contribution in [0.25, 0.3) is 0 Å². The van der Waals surface area contributed by atoms with Gasteiger partial charge in [0.1, 0.15) is 24.1 Å². The average Bonchev–Trinajstić information content (AvgIpc) is 3.27. The Morgan fingerprint density at radius 1 is 1.03 bits per heavy atom. The maximum Gasteiger partial charge on any atom is 0.190 e. The van der Waals surface area contributed by atoms with Gasteiger partial charge in [0.2, 0.25) is 0 Å². The molecule has 0 aliphatic carbocycles. The summed E-state index contributed by atoms with van der Waals surface area (Å²) in [6, 6.07) is 6.32. The molecule has 0 saturated carbocycles. The topological polar surface area (TPSA) is 63.2 Å². The summed E-state index contributed by atoms with van der Waals surface area (Å²) in [7, 11) is 0. The zero-order valence-corrected chi connectivity index (χ0v) is 21.1. The molecule has 0 bridgehead atoms. The van der Waals surface area contributed by atoms with E-state index in [0.29, 0.717) is 19.6 Å². The number of hydrogen-bond acceptors (Lipinski definition) is 6. The highest BCUT2D eigenvalue weighted by Crippen LogP contribution is 2.39. The van der Waals surface area contributed by atoms with Gasteiger partial charge in [-0.3, -0.25) is 4.79 Å². The number of ether oxygens (including phenoxy) is 5. The molecular formula is C27H42O6. The van der Waals surface area contributed by atoms with Crippen LogP contribution in [0.4, 0.5) is 0 Å². The molecule has 1 aromatic rings. The van der Waals surface area contributed by atoms with E-state index in [1.54, 1.807) is 0 Å². The van der Waals surface area contributed by atoms with Crippen LogP contribution in [-0.4, -0.2) is 42.8 Å². The lowest BCUT2D eigenvalue weighted by atomic mass is 10.0. The number of aryl methyl sites for hydroxylation is 1. The third-order valence-electron chi connectivity index (χ3n) is 6.21. The van der Waals surface area contributed by atoms with E-state index in [1.165, 1.54) is 5.56 Å². The van der Waals surface area contributed by atoms with Crippen LogP contribution in [-0.2, 0) is 36.8 Å². The molecule has 0 N–H and O–H groups in total. The number of unbranched alkanes of at least 4 members (excludes halogenated alkanes) is 3. The van der Waals surface area contributed by atoms with Crippen molar-refractivity contribution in [1.29, 1.82) is 0 Å². The Labute approximate surface area is 199 Å². The van der Waals surface area contributed by atoms with Crippen molar-refractivity contribution in [2.24, 2.45) is 0 Å². The van der Waals surface area contributed by atoms with Gasteiger partial charge in [0.15, 0.2) is 17.9 Å². The molecule has 2 fully saturated rings. The Kier molecular flexibility index (Phi) is 9.74. The highest BCUT2D eigenvalue weighted by molar-refractivity contribution is 5.84. The number of carbonyl (C=O) groups is 1. The number of carbonyl (C=O) groups excluding carboxylic acids is 1. The van der Waals surface area contributed by atoms with E-state index < -0.39 is 30.4 Å². The van der Waals surface area contributed by atoms with Crippen LogP contribution in [0.2, 0.25) is 0 Å². The molecule has 3 rings (SSSR count). The van der Waals surface area contributed by atoms with Crippen LogP contribution in [0.15, 0.2) is 18.2 Å². The number of rotatable bonds is 14. The van der Waals surface area contributed by atoms with Crippen LogP contribution in [0.3, 0.4) is 0 Å². The third-order valence-corrected chi connectivity index (χ3v) is 6.21. The molecule has 0 spiro atoms. The number of benzene rings is 1. The molecule has 186 valence electrons. The fourth-order valence-electron chi connectivity index (χ4n) is 4.33. The van der Waals surface area contributed by atoms with Crippen molar-refractivity contribution in [1.82, 2.24) is 0 Å². The van der Waals surface area contributed by atoms with Crippen LogP contribution >= 0.6 is 0 Å². The summed E-state index contributed by atoms with van der Waals surface area (Å²) in [5, 5.41) is 0. The van der Waals surface area contributed by atoms with Crippen molar-refractivity contribution in [3.63, 3.8) is 0 Å². The van der Waals surface area contributed by atoms with E-state index in [4.69, 9.17) is 23.7 Å². The third kappa shape index (κ3) is 7.01. The van der Waals surface area contributed by atoms with Gasteiger partial charge in [-0.2, -0.15) is 0 Å². The van der Waals surface area contributed by atoms with Crippen molar-refractivity contribution in [2.75, 3.05) is 6.61 Å². The summed E-state index contributed by atoms with van der Waals surface area (Å²) in [5.41, 5.74) is 2.26. The molecule has 0 amide bonds. The number of fused-ring (bicyclic) bond motifs is 1. The lowest BCUT2D eigenvalue weighted by molar-refractivity contribution is -0.218. The normalized spacial score (nSPS) is 25.8. The molecule has 2 aliphatic rings. The first kappa shape index (κ1) is 26.1. The van der Waals surface area contributed by atoms with Crippen molar-refractivity contribution >= 4 is 5.78 Å². The second-order valence-corrected chi connectivity index (χ2v) is 9.62. The molecule has 2 aliphatic heterocycles. The summed E-state index contributed by atoms with van der Waals surface area (Å²) < 4.78 is 30.3. The van der Waals surface area contributed by atoms with Crippen molar-refractivity contribution in [3.05, 3.63) is 29.3 Å². The first-order valence-electron chi connectivity index (χ1n) is 12.8. The van der Waals surface area contributed by atoms with Gasteiger partial charge in [-0.1, -0.05) is 52.2 Å². The van der Waals surface area contributed by atoms with Crippen LogP contribution in [0, 0.1) is 0 Å². The van der Waals surface area contributed by atoms with Crippen LogP contribution in [0.1, 0.15) is 90.7 Å². The second kappa shape index (κ2) is 12.3. The minimum absolute atomic E-state index is 0.0553. The summed E-state index contributed by atoms with van der Waals surface area (Å²) in [4.78, 5) is 12.8. The van der Waals surface area contributed by atoms with Crippen molar-refractivity contribution in [3.8, 4) is 5.75 Å². The monoisotopic (exact) mass is 462 g/mol. The quantitative estimate of drug-likeness (QED) is 0.329. The summed E-state index contributed by atoms with van der Waals surface area (Å²) >= 11 is 0. The van der Waals surface area contributed by atoms with E-state index in [1.807, 2.05) is 13.8 Å². The van der Waals surface area contributed by atoms with E-state index in [9.17, 15) is 4.79 Å². The number of hydrogen-bond donors (Lipinski definition) is 0. The smallest absolute Gasteiger partial charge is 0.190 e. The molecule has 2 saturated heterocycles. The molecule has 2 heterocycles. The zero-order valence-electron chi connectivity index (χ0n) is 21.1. The first-order chi connectivity index (χ1) is 15.9. The lowest BCUT2D eigenvalue weighted by Gasteiger charge is -2.25. The Morgan fingerprint density at radius 2 is 1.79 bits per heavy atom. The predicted octanol–water partition coefficient (Wildman–Crippen LogP) is 5.73. The van der Waals surface area contributed by atoms with Gasteiger partial charge in [-0.05, 0) is 56.7 Å². The van der Waals surface area contributed by atoms with Gasteiger partial charge in [0.05, 0.1) is 13.2 Å². The molecule has 6 nitrogen and oxygen atoms in total. The maximum atomic E-state index is 12.8. The van der Waals surface area contributed by atoms with Gasteiger partial charge in [0.25, 0.3) is 0 Å². The molecule has 6 heteroatoms. The standard InChI is InChI=1S/C27H42O6/c1-6-9-12-20-15-14-19(17-22(20)29-16-11-8-3)18-30-24-23(21(28)13-10-7-2)31-26-25(24)32-27(4,5)33-26/h14-15,17,23-26H,6-13,16,18H2,1-5H3/t23-,24+,25-,26-/m1/s1. The molecule has 33 heavy (non-hydrogen) atoms. The minimum Gasteiger partial charge on any atom is -0.493 e. The Bertz CT molecular complexity index is 761. The SMILES string of the molecule is CCCCOc1cc(CO[C@@H]2[C@H]3OC(C)(C)O[C@H]3O[C@@H]2C(=O)CCCC)ccc1CCCC. The van der Waals surface area contributed by atoms with Crippen LogP contribution < -0.4 is 4.74 Å². The first-order valence-corrected chi connectivity index (χ1v) is 12.8. The highest BCUT2D eigenvalue weighted by Gasteiger charge is 2.57. The highest BCUT2D eigenvalue weighted by atomic mass is 16.8.